The van der Waals surface area contributed by atoms with Crippen LogP contribution in [0.3, 0.4) is 0 Å². The average molecular weight is 327 g/mol. The Kier molecular flexibility index (Phi) is 4.93. The molecule has 0 bridgehead atoms. The first kappa shape index (κ1) is 14.5. The van der Waals surface area contributed by atoms with Gasteiger partial charge in [0.15, 0.2) is 0 Å². The van der Waals surface area contributed by atoms with E-state index in [1.165, 1.54) is 31.7 Å². The largest absolute Gasteiger partial charge is 0.302 e. The summed E-state index contributed by atoms with van der Waals surface area (Å²) in [4.78, 5) is 12.8. The lowest BCUT2D eigenvalue weighted by Crippen LogP contribution is -2.24. The van der Waals surface area contributed by atoms with E-state index in [1.54, 1.807) is 6.07 Å². The molecule has 19 heavy (non-hydrogen) atoms. The van der Waals surface area contributed by atoms with Gasteiger partial charge in [-0.2, -0.15) is 0 Å². The molecular weight excluding hydrogens is 308 g/mol. The smallest absolute Gasteiger partial charge is 0.283 e. The second-order valence-electron chi connectivity index (χ2n) is 5.35. The van der Waals surface area contributed by atoms with Crippen molar-refractivity contribution in [1.82, 2.24) is 4.90 Å². The Morgan fingerprint density at radius 2 is 2.11 bits per heavy atom. The second-order valence-corrected chi connectivity index (χ2v) is 6.15. The summed E-state index contributed by atoms with van der Waals surface area (Å²) in [6, 6.07) is 5.23. The summed E-state index contributed by atoms with van der Waals surface area (Å²) in [5.74, 6) is 0.794. The fourth-order valence-corrected chi connectivity index (χ4v) is 3.35. The number of benzene rings is 1. The normalized spacial score (nSPS) is 16.2. The topological polar surface area (TPSA) is 46.4 Å². The zero-order chi connectivity index (χ0) is 13.8. The summed E-state index contributed by atoms with van der Waals surface area (Å²) in [7, 11) is 2.09. The van der Waals surface area contributed by atoms with Crippen LogP contribution in [0.1, 0.15) is 31.2 Å². The molecule has 0 spiro atoms. The average Bonchev–Trinajstić information content (AvgIpc) is 2.84. The molecule has 4 nitrogen and oxygen atoms in total. The fraction of sp³-hybridized carbons (Fsp3) is 0.571. The van der Waals surface area contributed by atoms with Gasteiger partial charge >= 0.3 is 0 Å². The lowest BCUT2D eigenvalue weighted by atomic mass is 10.1. The van der Waals surface area contributed by atoms with Crippen LogP contribution in [0.25, 0.3) is 0 Å². The molecule has 0 heterocycles. The Hall–Kier alpha value is -0.940. The highest BCUT2D eigenvalue weighted by molar-refractivity contribution is 9.10. The van der Waals surface area contributed by atoms with Crippen molar-refractivity contribution in [3.05, 3.63) is 38.3 Å². The molecule has 1 aliphatic rings. The third-order valence-corrected chi connectivity index (χ3v) is 4.66. The molecule has 1 fully saturated rings. The number of nitrogens with zero attached hydrogens (tertiary/aromatic N) is 2. The van der Waals surface area contributed by atoms with Gasteiger partial charge in [-0.3, -0.25) is 10.1 Å². The van der Waals surface area contributed by atoms with Crippen molar-refractivity contribution in [1.29, 1.82) is 0 Å². The molecule has 0 unspecified atom stereocenters. The van der Waals surface area contributed by atoms with Crippen molar-refractivity contribution in [2.45, 2.75) is 32.2 Å². The second kappa shape index (κ2) is 6.48. The standard InChI is InChI=1S/C14H19BrN2O2/c1-16(9-11-5-2-3-6-11)10-12-7-4-8-13(14(12)15)17(18)19/h4,7-8,11H,2-3,5-6,9-10H2,1H3. The summed E-state index contributed by atoms with van der Waals surface area (Å²) in [5, 5.41) is 10.9. The molecule has 5 heteroatoms. The molecule has 1 aromatic carbocycles. The molecule has 0 aliphatic heterocycles. The van der Waals surface area contributed by atoms with Crippen LogP contribution in [0.15, 0.2) is 22.7 Å². The number of hydrogen-bond donors (Lipinski definition) is 0. The zero-order valence-electron chi connectivity index (χ0n) is 11.1. The molecule has 1 aromatic rings. The van der Waals surface area contributed by atoms with Gasteiger partial charge in [0.25, 0.3) is 5.69 Å². The molecule has 0 N–H and O–H groups in total. The monoisotopic (exact) mass is 326 g/mol. The summed E-state index contributed by atoms with van der Waals surface area (Å²) < 4.78 is 0.610. The molecule has 1 saturated carbocycles. The van der Waals surface area contributed by atoms with Crippen molar-refractivity contribution in [2.24, 2.45) is 5.92 Å². The number of nitro benzene ring substituents is 1. The van der Waals surface area contributed by atoms with Gasteiger partial charge in [-0.1, -0.05) is 25.0 Å². The van der Waals surface area contributed by atoms with Crippen LogP contribution >= 0.6 is 15.9 Å². The molecule has 104 valence electrons. The van der Waals surface area contributed by atoms with Gasteiger partial charge in [-0.05, 0) is 47.3 Å². The summed E-state index contributed by atoms with van der Waals surface area (Å²) >= 11 is 3.35. The lowest BCUT2D eigenvalue weighted by molar-refractivity contribution is -0.385. The number of rotatable bonds is 5. The highest BCUT2D eigenvalue weighted by Gasteiger charge is 2.19. The van der Waals surface area contributed by atoms with Gasteiger partial charge < -0.3 is 4.90 Å². The minimum absolute atomic E-state index is 0.145. The Morgan fingerprint density at radius 1 is 1.42 bits per heavy atom. The molecule has 2 rings (SSSR count). The number of nitro groups is 1. The van der Waals surface area contributed by atoms with Crippen LogP contribution in [0.2, 0.25) is 0 Å². The van der Waals surface area contributed by atoms with Crippen LogP contribution in [-0.2, 0) is 6.54 Å². The molecule has 0 aromatic heterocycles. The molecule has 1 aliphatic carbocycles. The van der Waals surface area contributed by atoms with Crippen molar-refractivity contribution in [3.8, 4) is 0 Å². The Bertz CT molecular complexity index is 459. The van der Waals surface area contributed by atoms with Gasteiger partial charge in [0.2, 0.25) is 0 Å². The van der Waals surface area contributed by atoms with E-state index in [2.05, 4.69) is 27.9 Å². The predicted molar refractivity (Wildman–Crippen MR) is 79.1 cm³/mol. The number of hydrogen-bond acceptors (Lipinski definition) is 3. The maximum atomic E-state index is 10.9. The van der Waals surface area contributed by atoms with E-state index in [1.807, 2.05) is 6.07 Å². The molecular formula is C14H19BrN2O2. The first-order valence-electron chi connectivity index (χ1n) is 6.68. The SMILES string of the molecule is CN(Cc1cccc([N+](=O)[O-])c1Br)CC1CCCC1. The first-order chi connectivity index (χ1) is 9.08. The van der Waals surface area contributed by atoms with Gasteiger partial charge in [-0.25, -0.2) is 0 Å². The van der Waals surface area contributed by atoms with E-state index in [0.29, 0.717) is 4.47 Å². The first-order valence-corrected chi connectivity index (χ1v) is 7.47. The maximum Gasteiger partial charge on any atom is 0.283 e. The Morgan fingerprint density at radius 3 is 2.74 bits per heavy atom. The molecule has 0 radical (unpaired) electrons. The van der Waals surface area contributed by atoms with Crippen molar-refractivity contribution in [3.63, 3.8) is 0 Å². The Balaban J connectivity index is 2.01. The highest BCUT2D eigenvalue weighted by Crippen LogP contribution is 2.30. The van der Waals surface area contributed by atoms with Crippen molar-refractivity contribution >= 4 is 21.6 Å². The third-order valence-electron chi connectivity index (χ3n) is 3.74. The van der Waals surface area contributed by atoms with Crippen LogP contribution in [0.4, 0.5) is 5.69 Å². The molecule has 0 amide bonds. The summed E-state index contributed by atoms with van der Waals surface area (Å²) in [5.41, 5.74) is 1.13. The van der Waals surface area contributed by atoms with Crippen molar-refractivity contribution in [2.75, 3.05) is 13.6 Å². The summed E-state index contributed by atoms with van der Waals surface area (Å²) in [6.07, 6.45) is 5.33. The van der Waals surface area contributed by atoms with Crippen LogP contribution < -0.4 is 0 Å². The maximum absolute atomic E-state index is 10.9. The van der Waals surface area contributed by atoms with E-state index in [9.17, 15) is 10.1 Å². The van der Waals surface area contributed by atoms with E-state index in [4.69, 9.17) is 0 Å². The Labute approximate surface area is 122 Å². The molecule has 0 saturated heterocycles. The van der Waals surface area contributed by atoms with Gasteiger partial charge in [0, 0.05) is 19.2 Å². The fourth-order valence-electron chi connectivity index (χ4n) is 2.82. The van der Waals surface area contributed by atoms with Crippen LogP contribution in [-0.4, -0.2) is 23.4 Å². The van der Waals surface area contributed by atoms with Gasteiger partial charge in [0.05, 0.1) is 9.40 Å². The lowest BCUT2D eigenvalue weighted by Gasteiger charge is -2.21. The minimum atomic E-state index is -0.343. The van der Waals surface area contributed by atoms with Crippen LogP contribution in [0.5, 0.6) is 0 Å². The van der Waals surface area contributed by atoms with Gasteiger partial charge in [-0.15, -0.1) is 0 Å². The van der Waals surface area contributed by atoms with Crippen molar-refractivity contribution < 1.29 is 4.92 Å². The zero-order valence-corrected chi connectivity index (χ0v) is 12.7. The summed E-state index contributed by atoms with van der Waals surface area (Å²) in [6.45, 7) is 1.83. The minimum Gasteiger partial charge on any atom is -0.302 e. The van der Waals surface area contributed by atoms with Gasteiger partial charge in [0.1, 0.15) is 0 Å². The van der Waals surface area contributed by atoms with E-state index in [0.717, 1.165) is 24.6 Å². The van der Waals surface area contributed by atoms with E-state index in [-0.39, 0.29) is 10.6 Å². The van der Waals surface area contributed by atoms with E-state index < -0.39 is 0 Å². The quantitative estimate of drug-likeness (QED) is 0.607. The predicted octanol–water partition coefficient (Wildman–Crippen LogP) is 3.98. The highest BCUT2D eigenvalue weighted by atomic mass is 79.9. The molecule has 0 atom stereocenters. The van der Waals surface area contributed by atoms with Crippen LogP contribution in [0, 0.1) is 16.0 Å². The number of halogens is 1. The third kappa shape index (κ3) is 3.76. The van der Waals surface area contributed by atoms with E-state index >= 15 is 0 Å².